The number of para-hydroxylation sites is 1. The van der Waals surface area contributed by atoms with Gasteiger partial charge in [0.25, 0.3) is 5.91 Å². The molecule has 4 heterocycles. The lowest BCUT2D eigenvalue weighted by molar-refractivity contribution is -0.146. The van der Waals surface area contributed by atoms with Crippen molar-refractivity contribution < 1.29 is 23.8 Å². The van der Waals surface area contributed by atoms with Gasteiger partial charge >= 0.3 is 0 Å². The Bertz CT molecular complexity index is 1450. The molecule has 0 radical (unpaired) electrons. The lowest BCUT2D eigenvalue weighted by atomic mass is 9.71. The van der Waals surface area contributed by atoms with E-state index >= 15 is 4.39 Å². The van der Waals surface area contributed by atoms with Crippen LogP contribution in [0.15, 0.2) is 54.7 Å². The molecule has 3 aliphatic rings. The van der Waals surface area contributed by atoms with Crippen LogP contribution in [-0.2, 0) is 39.4 Å². The Morgan fingerprint density at radius 1 is 1.15 bits per heavy atom. The fraction of sp³-hybridized carbons (Fsp3) is 0.484. The van der Waals surface area contributed by atoms with Crippen LogP contribution in [0.1, 0.15) is 50.4 Å². The predicted octanol–water partition coefficient (Wildman–Crippen LogP) is 3.78. The molecule has 1 N–H and O–H groups in total. The van der Waals surface area contributed by atoms with Crippen molar-refractivity contribution in [3.05, 3.63) is 71.5 Å². The van der Waals surface area contributed by atoms with E-state index in [0.717, 1.165) is 29.0 Å². The standard InChI is InChI=1S/C31H36FN5O4/c1-20-28(30(2,3)32)26(12-15-35-19-22(14-17-38)33-34-35)41-31(20)24-6-4-5-7-25(24)37(29(31)40)18-21-8-10-23(11-9-21)36-16-13-27(36)39/h4-11,19-20,26,28,38H,12-18H2,1-3H3/t20-,26+,28-,31+/m1/s1. The van der Waals surface area contributed by atoms with E-state index in [1.54, 1.807) is 34.5 Å². The summed E-state index contributed by atoms with van der Waals surface area (Å²) in [5, 5.41) is 17.4. The molecule has 0 aliphatic carbocycles. The number of nitrogens with zero attached hydrogens (tertiary/aromatic N) is 5. The summed E-state index contributed by atoms with van der Waals surface area (Å²) in [5.41, 5.74) is 1.11. The van der Waals surface area contributed by atoms with Gasteiger partial charge in [-0.1, -0.05) is 42.5 Å². The molecule has 2 amide bonds. The monoisotopic (exact) mass is 561 g/mol. The first-order valence-corrected chi connectivity index (χ1v) is 14.3. The Balaban J connectivity index is 1.28. The van der Waals surface area contributed by atoms with Crippen molar-refractivity contribution in [2.45, 2.75) is 70.5 Å². The van der Waals surface area contributed by atoms with E-state index in [0.29, 0.717) is 38.0 Å². The van der Waals surface area contributed by atoms with E-state index in [9.17, 15) is 14.7 Å². The molecule has 10 heteroatoms. The Hall–Kier alpha value is -3.63. The number of hydrogen-bond acceptors (Lipinski definition) is 6. The second-order valence-corrected chi connectivity index (χ2v) is 11.9. The summed E-state index contributed by atoms with van der Waals surface area (Å²) in [6, 6.07) is 15.4. The Labute approximate surface area is 238 Å². The minimum Gasteiger partial charge on any atom is -0.396 e. The topological polar surface area (TPSA) is 101 Å². The first kappa shape index (κ1) is 27.5. The SMILES string of the molecule is C[C@@H]1[C@@H](C(C)(C)F)[C@H](CCn2cc(CCO)nn2)O[C@@]12C(=O)N(Cc1ccc(N3CCC3=O)cc1)c1ccccc12. The number of rotatable bonds is 9. The second kappa shape index (κ2) is 10.3. The summed E-state index contributed by atoms with van der Waals surface area (Å²) in [5.74, 6) is -1.03. The Kier molecular flexibility index (Phi) is 6.94. The summed E-state index contributed by atoms with van der Waals surface area (Å²) in [6.07, 6.45) is 2.70. The number of aromatic nitrogens is 3. The molecular formula is C31H36FN5O4. The molecule has 0 bridgehead atoms. The normalized spacial score (nSPS) is 25.7. The molecule has 9 nitrogen and oxygen atoms in total. The maximum Gasteiger partial charge on any atom is 0.264 e. The van der Waals surface area contributed by atoms with Crippen LogP contribution in [0.4, 0.5) is 15.8 Å². The minimum absolute atomic E-state index is 0.0110. The molecule has 3 aliphatic heterocycles. The molecule has 2 saturated heterocycles. The van der Waals surface area contributed by atoms with Crippen LogP contribution in [0.5, 0.6) is 0 Å². The first-order valence-electron chi connectivity index (χ1n) is 14.3. The van der Waals surface area contributed by atoms with Crippen molar-refractivity contribution >= 4 is 23.2 Å². The van der Waals surface area contributed by atoms with E-state index in [-0.39, 0.29) is 18.4 Å². The van der Waals surface area contributed by atoms with Gasteiger partial charge in [-0.05, 0) is 44.0 Å². The number of aryl methyl sites for hydroxylation is 1. The third-order valence-electron chi connectivity index (χ3n) is 8.90. The molecule has 0 unspecified atom stereocenters. The predicted molar refractivity (Wildman–Crippen MR) is 151 cm³/mol. The van der Waals surface area contributed by atoms with Gasteiger partial charge in [0.2, 0.25) is 5.91 Å². The molecule has 2 fully saturated rings. The van der Waals surface area contributed by atoms with E-state index in [4.69, 9.17) is 4.74 Å². The number of amides is 2. The maximum atomic E-state index is 15.9. The van der Waals surface area contributed by atoms with E-state index in [1.807, 2.05) is 55.5 Å². The summed E-state index contributed by atoms with van der Waals surface area (Å²) >= 11 is 0. The van der Waals surface area contributed by atoms with Gasteiger partial charge in [-0.3, -0.25) is 14.3 Å². The average Bonchev–Trinajstić information content (AvgIpc) is 3.58. The van der Waals surface area contributed by atoms with Crippen LogP contribution in [0.25, 0.3) is 0 Å². The van der Waals surface area contributed by atoms with Crippen molar-refractivity contribution in [3.63, 3.8) is 0 Å². The molecule has 3 aromatic rings. The number of benzene rings is 2. The molecule has 41 heavy (non-hydrogen) atoms. The highest BCUT2D eigenvalue weighted by atomic mass is 19.1. The van der Waals surface area contributed by atoms with Gasteiger partial charge in [0.05, 0.1) is 24.0 Å². The molecular weight excluding hydrogens is 525 g/mol. The molecule has 1 spiro atoms. The zero-order valence-corrected chi connectivity index (χ0v) is 23.7. The van der Waals surface area contributed by atoms with Crippen LogP contribution in [0.3, 0.4) is 0 Å². The van der Waals surface area contributed by atoms with Gasteiger partial charge in [-0.15, -0.1) is 5.10 Å². The number of fused-ring (bicyclic) bond motifs is 2. The van der Waals surface area contributed by atoms with Crippen molar-refractivity contribution in [1.29, 1.82) is 0 Å². The zero-order chi connectivity index (χ0) is 28.9. The number of aliphatic hydroxyl groups is 1. The Morgan fingerprint density at radius 2 is 1.90 bits per heavy atom. The van der Waals surface area contributed by atoms with Crippen molar-refractivity contribution in [3.8, 4) is 0 Å². The number of alkyl halides is 1. The number of ether oxygens (including phenoxy) is 1. The smallest absolute Gasteiger partial charge is 0.264 e. The van der Waals surface area contributed by atoms with E-state index < -0.39 is 29.2 Å². The van der Waals surface area contributed by atoms with Crippen LogP contribution >= 0.6 is 0 Å². The van der Waals surface area contributed by atoms with Crippen molar-refractivity contribution in [2.75, 3.05) is 23.0 Å². The number of β-lactam (4-membered cyclic amide) rings is 1. The maximum absolute atomic E-state index is 15.9. The van der Waals surface area contributed by atoms with E-state index in [2.05, 4.69) is 10.3 Å². The number of anilines is 2. The fourth-order valence-electron chi connectivity index (χ4n) is 6.92. The summed E-state index contributed by atoms with van der Waals surface area (Å²) in [4.78, 5) is 29.8. The number of carbonyl (C=O) groups excluding carboxylic acids is 2. The number of aliphatic hydroxyl groups excluding tert-OH is 1. The summed E-state index contributed by atoms with van der Waals surface area (Å²) in [7, 11) is 0. The molecule has 0 saturated carbocycles. The van der Waals surface area contributed by atoms with Crippen LogP contribution < -0.4 is 9.80 Å². The van der Waals surface area contributed by atoms with Gasteiger partial charge in [0, 0.05) is 61.8 Å². The van der Waals surface area contributed by atoms with Gasteiger partial charge in [-0.2, -0.15) is 0 Å². The van der Waals surface area contributed by atoms with Gasteiger partial charge in [0.1, 0.15) is 5.67 Å². The lowest BCUT2D eigenvalue weighted by Crippen LogP contribution is -2.45. The fourth-order valence-corrected chi connectivity index (χ4v) is 6.92. The lowest BCUT2D eigenvalue weighted by Gasteiger charge is -2.32. The number of carbonyl (C=O) groups is 2. The van der Waals surface area contributed by atoms with Gasteiger partial charge < -0.3 is 19.6 Å². The van der Waals surface area contributed by atoms with Crippen LogP contribution in [0, 0.1) is 11.8 Å². The first-order chi connectivity index (χ1) is 19.6. The minimum atomic E-state index is -1.59. The van der Waals surface area contributed by atoms with Crippen LogP contribution in [-0.4, -0.2) is 56.8 Å². The molecule has 216 valence electrons. The third kappa shape index (κ3) is 4.63. The largest absolute Gasteiger partial charge is 0.396 e. The Morgan fingerprint density at radius 3 is 2.56 bits per heavy atom. The highest BCUT2D eigenvalue weighted by Crippen LogP contribution is 2.58. The van der Waals surface area contributed by atoms with Gasteiger partial charge in [-0.25, -0.2) is 4.39 Å². The highest BCUT2D eigenvalue weighted by molar-refractivity contribution is 6.07. The second-order valence-electron chi connectivity index (χ2n) is 11.9. The van der Waals surface area contributed by atoms with Crippen molar-refractivity contribution in [1.82, 2.24) is 15.0 Å². The summed E-state index contributed by atoms with van der Waals surface area (Å²) in [6.45, 7) is 6.55. The van der Waals surface area contributed by atoms with Gasteiger partial charge in [0.15, 0.2) is 5.60 Å². The molecule has 6 rings (SSSR count). The number of hydrogen-bond donors (Lipinski definition) is 1. The average molecular weight is 562 g/mol. The number of halogens is 1. The molecule has 4 atom stereocenters. The van der Waals surface area contributed by atoms with E-state index in [1.165, 1.54) is 0 Å². The summed E-state index contributed by atoms with van der Waals surface area (Å²) < 4.78 is 24.3. The molecule has 2 aromatic carbocycles. The third-order valence-corrected chi connectivity index (χ3v) is 8.90. The quantitative estimate of drug-likeness (QED) is 0.399. The van der Waals surface area contributed by atoms with Crippen molar-refractivity contribution in [2.24, 2.45) is 11.8 Å². The zero-order valence-electron chi connectivity index (χ0n) is 23.7. The highest BCUT2D eigenvalue weighted by Gasteiger charge is 2.66. The van der Waals surface area contributed by atoms with Crippen LogP contribution in [0.2, 0.25) is 0 Å². The molecule has 1 aromatic heterocycles.